The highest BCUT2D eigenvalue weighted by molar-refractivity contribution is 5.98. The van der Waals surface area contributed by atoms with Crippen LogP contribution in [0.3, 0.4) is 0 Å². The van der Waals surface area contributed by atoms with Gasteiger partial charge in [0, 0.05) is 42.8 Å². The molecule has 0 unspecified atom stereocenters. The first-order valence-corrected chi connectivity index (χ1v) is 9.93. The molecule has 0 saturated carbocycles. The van der Waals surface area contributed by atoms with E-state index in [1.165, 1.54) is 12.1 Å². The summed E-state index contributed by atoms with van der Waals surface area (Å²) in [5.74, 6) is -0.363. The van der Waals surface area contributed by atoms with Crippen LogP contribution in [0.4, 0.5) is 9.18 Å². The Kier molecular flexibility index (Phi) is 6.68. The van der Waals surface area contributed by atoms with Crippen LogP contribution in [0.25, 0.3) is 10.9 Å². The molecule has 9 nitrogen and oxygen atoms in total. The van der Waals surface area contributed by atoms with E-state index in [4.69, 9.17) is 0 Å². The van der Waals surface area contributed by atoms with Crippen molar-refractivity contribution >= 4 is 22.8 Å². The molecule has 0 saturated heterocycles. The number of halogens is 1. The third-order valence-corrected chi connectivity index (χ3v) is 4.60. The van der Waals surface area contributed by atoms with Gasteiger partial charge in [0.05, 0.1) is 0 Å². The summed E-state index contributed by atoms with van der Waals surface area (Å²) in [6.45, 7) is 5.19. The quantitative estimate of drug-likeness (QED) is 0.495. The summed E-state index contributed by atoms with van der Waals surface area (Å²) >= 11 is 0. The maximum absolute atomic E-state index is 13.6. The molecule has 3 rings (SSSR count). The van der Waals surface area contributed by atoms with Crippen LogP contribution in [0.1, 0.15) is 30.8 Å². The van der Waals surface area contributed by atoms with Crippen LogP contribution >= 0.6 is 0 Å². The van der Waals surface area contributed by atoms with Crippen LogP contribution in [0.15, 0.2) is 46.1 Å². The van der Waals surface area contributed by atoms with E-state index in [2.05, 4.69) is 10.6 Å². The summed E-state index contributed by atoms with van der Waals surface area (Å²) in [5, 5.41) is 6.00. The van der Waals surface area contributed by atoms with Crippen LogP contribution in [-0.2, 0) is 6.54 Å². The van der Waals surface area contributed by atoms with E-state index in [0.29, 0.717) is 30.0 Å². The fraction of sp³-hybridized carbons (Fsp3) is 0.333. The molecule has 3 aromatic rings. The minimum atomic E-state index is -0.826. The third kappa shape index (κ3) is 5.27. The second kappa shape index (κ2) is 9.41. The van der Waals surface area contributed by atoms with E-state index in [1.54, 1.807) is 12.1 Å². The van der Waals surface area contributed by atoms with Gasteiger partial charge in [-0.3, -0.25) is 14.6 Å². The number of hydrogen-bond donors (Lipinski definition) is 3. The van der Waals surface area contributed by atoms with Crippen molar-refractivity contribution in [2.24, 2.45) is 5.92 Å². The molecule has 0 fully saturated rings. The number of rotatable bonds is 7. The first-order chi connectivity index (χ1) is 14.8. The van der Waals surface area contributed by atoms with Gasteiger partial charge in [-0.15, -0.1) is 0 Å². The highest BCUT2D eigenvalue weighted by Gasteiger charge is 2.16. The second-order valence-electron chi connectivity index (χ2n) is 7.56. The third-order valence-electron chi connectivity index (χ3n) is 4.60. The van der Waals surface area contributed by atoms with Crippen LogP contribution in [0, 0.1) is 11.7 Å². The molecule has 1 aromatic carbocycles. The average molecular weight is 429 g/mol. The van der Waals surface area contributed by atoms with Crippen molar-refractivity contribution in [3.63, 3.8) is 0 Å². The summed E-state index contributed by atoms with van der Waals surface area (Å²) in [6, 6.07) is 6.50. The number of hydrogen-bond acceptors (Lipinski definition) is 4. The zero-order chi connectivity index (χ0) is 22.5. The average Bonchev–Trinajstić information content (AvgIpc) is 3.04. The normalized spacial score (nSPS) is 11.1. The lowest BCUT2D eigenvalue weighted by molar-refractivity contribution is 0.0944. The molecule has 2 amide bonds. The molecule has 0 aliphatic heterocycles. The Labute approximate surface area is 176 Å². The van der Waals surface area contributed by atoms with Crippen molar-refractivity contribution in [2.45, 2.75) is 26.8 Å². The Hall–Kier alpha value is -3.69. The number of fused-ring (bicyclic) bond motifs is 1. The van der Waals surface area contributed by atoms with Crippen molar-refractivity contribution in [1.82, 2.24) is 24.8 Å². The molecular weight excluding hydrogens is 405 g/mol. The van der Waals surface area contributed by atoms with Gasteiger partial charge < -0.3 is 15.2 Å². The van der Waals surface area contributed by atoms with Crippen molar-refractivity contribution in [3.8, 4) is 0 Å². The number of nitrogens with zero attached hydrogens (tertiary/aromatic N) is 2. The first-order valence-electron chi connectivity index (χ1n) is 9.93. The zero-order valence-electron chi connectivity index (χ0n) is 17.3. The molecule has 0 bridgehead atoms. The van der Waals surface area contributed by atoms with Crippen LogP contribution in [-0.4, -0.2) is 39.1 Å². The van der Waals surface area contributed by atoms with Crippen molar-refractivity contribution in [2.75, 3.05) is 13.1 Å². The van der Waals surface area contributed by atoms with Crippen LogP contribution < -0.4 is 21.9 Å². The smallest absolute Gasteiger partial charge is 0.336 e. The number of nitrogens with one attached hydrogen (secondary N) is 3. The summed E-state index contributed by atoms with van der Waals surface area (Å²) in [4.78, 5) is 49.3. The van der Waals surface area contributed by atoms with E-state index in [-0.39, 0.29) is 24.8 Å². The molecule has 0 radical (unpaired) electrons. The number of aromatic amines is 1. The molecule has 164 valence electrons. The van der Waals surface area contributed by atoms with Crippen LogP contribution in [0.5, 0.6) is 0 Å². The molecule has 0 spiro atoms. The second-order valence-corrected chi connectivity index (χ2v) is 7.56. The van der Waals surface area contributed by atoms with Gasteiger partial charge in [-0.25, -0.2) is 18.5 Å². The molecule has 3 N–H and O–H groups in total. The molecule has 2 aromatic heterocycles. The number of H-pyrrole nitrogens is 1. The molecular formula is C21H24FN5O4. The topological polar surface area (TPSA) is 118 Å². The fourth-order valence-corrected chi connectivity index (χ4v) is 3.23. The molecule has 10 heteroatoms. The molecule has 0 aliphatic rings. The summed E-state index contributed by atoms with van der Waals surface area (Å²) < 4.78 is 16.2. The Morgan fingerprint density at radius 3 is 2.55 bits per heavy atom. The summed E-state index contributed by atoms with van der Waals surface area (Å²) in [6.07, 6.45) is 1.52. The van der Waals surface area contributed by atoms with Crippen molar-refractivity contribution in [1.29, 1.82) is 0 Å². The number of carbonyl (C=O) groups excluding carboxylic acids is 2. The SMILES string of the molecule is CC(C)Cn1c(C(=O)NCCCNC(=O)n2ccc(=O)[nH]c2=O)cc2cc(F)ccc21. The number of benzene rings is 1. The molecule has 31 heavy (non-hydrogen) atoms. The Balaban J connectivity index is 1.58. The number of aromatic nitrogens is 3. The van der Waals surface area contributed by atoms with Gasteiger partial charge in [-0.05, 0) is 36.6 Å². The van der Waals surface area contributed by atoms with E-state index < -0.39 is 17.3 Å². The standard InChI is InChI=1S/C21H24FN5O4/c1-13(2)12-27-16-5-4-15(22)10-14(16)11-17(27)19(29)23-7-3-8-24-20(30)26-9-6-18(28)25-21(26)31/h4-6,9-11,13H,3,7-8,12H2,1-2H3,(H,23,29)(H,24,30)(H,25,28,31). The van der Waals surface area contributed by atoms with Gasteiger partial charge in [-0.1, -0.05) is 13.8 Å². The predicted molar refractivity (Wildman–Crippen MR) is 114 cm³/mol. The highest BCUT2D eigenvalue weighted by Crippen LogP contribution is 2.22. The maximum atomic E-state index is 13.6. The number of carbonyl (C=O) groups is 2. The monoisotopic (exact) mass is 429 g/mol. The van der Waals surface area contributed by atoms with Crippen molar-refractivity contribution < 1.29 is 14.0 Å². The van der Waals surface area contributed by atoms with Gasteiger partial charge in [0.25, 0.3) is 11.5 Å². The Morgan fingerprint density at radius 2 is 1.84 bits per heavy atom. The van der Waals surface area contributed by atoms with E-state index >= 15 is 0 Å². The van der Waals surface area contributed by atoms with E-state index in [0.717, 1.165) is 22.3 Å². The lowest BCUT2D eigenvalue weighted by Gasteiger charge is -2.13. The maximum Gasteiger partial charge on any atom is 0.336 e. The largest absolute Gasteiger partial charge is 0.351 e. The molecule has 0 aliphatic carbocycles. The fourth-order valence-electron chi connectivity index (χ4n) is 3.23. The van der Waals surface area contributed by atoms with Gasteiger partial charge in [0.1, 0.15) is 11.5 Å². The number of amides is 2. The lowest BCUT2D eigenvalue weighted by Crippen LogP contribution is -2.40. The van der Waals surface area contributed by atoms with Gasteiger partial charge in [0.15, 0.2) is 0 Å². The van der Waals surface area contributed by atoms with E-state index in [1.807, 2.05) is 23.4 Å². The van der Waals surface area contributed by atoms with Crippen LogP contribution in [0.2, 0.25) is 0 Å². The first kappa shape index (κ1) is 22.0. The minimum Gasteiger partial charge on any atom is -0.351 e. The van der Waals surface area contributed by atoms with Crippen molar-refractivity contribution in [3.05, 3.63) is 68.9 Å². The molecule has 0 atom stereocenters. The summed E-state index contributed by atoms with van der Waals surface area (Å²) in [7, 11) is 0. The Morgan fingerprint density at radius 1 is 1.10 bits per heavy atom. The summed E-state index contributed by atoms with van der Waals surface area (Å²) in [5.41, 5.74) is -0.181. The van der Waals surface area contributed by atoms with Gasteiger partial charge in [0.2, 0.25) is 0 Å². The lowest BCUT2D eigenvalue weighted by atomic mass is 10.2. The zero-order valence-corrected chi connectivity index (χ0v) is 17.3. The van der Waals surface area contributed by atoms with Gasteiger partial charge in [-0.2, -0.15) is 0 Å². The minimum absolute atomic E-state index is 0.213. The molecule has 2 heterocycles. The van der Waals surface area contributed by atoms with E-state index in [9.17, 15) is 23.6 Å². The predicted octanol–water partition coefficient (Wildman–Crippen LogP) is 1.66. The highest BCUT2D eigenvalue weighted by atomic mass is 19.1. The Bertz CT molecular complexity index is 1220. The van der Waals surface area contributed by atoms with Gasteiger partial charge >= 0.3 is 11.7 Å².